The van der Waals surface area contributed by atoms with Gasteiger partial charge in [0.05, 0.1) is 6.61 Å². The van der Waals surface area contributed by atoms with E-state index in [1.807, 2.05) is 0 Å². The van der Waals surface area contributed by atoms with Gasteiger partial charge in [-0.05, 0) is 64.2 Å². The first-order valence-electron chi connectivity index (χ1n) is 26.5. The third-order valence-electron chi connectivity index (χ3n) is 11.5. The minimum atomic E-state index is -0.788. The van der Waals surface area contributed by atoms with E-state index in [-0.39, 0.29) is 25.2 Å². The van der Waals surface area contributed by atoms with Gasteiger partial charge < -0.3 is 14.6 Å². The van der Waals surface area contributed by atoms with Gasteiger partial charge in [0.25, 0.3) is 0 Å². The molecule has 0 radical (unpaired) electrons. The number of hydrogen-bond acceptors (Lipinski definition) is 5. The van der Waals surface area contributed by atoms with Crippen LogP contribution in [0.25, 0.3) is 0 Å². The van der Waals surface area contributed by atoms with Crippen LogP contribution in [0, 0.1) is 0 Å². The summed E-state index contributed by atoms with van der Waals surface area (Å²) in [7, 11) is 0. The third-order valence-corrected chi connectivity index (χ3v) is 11.5. The van der Waals surface area contributed by atoms with Crippen molar-refractivity contribution >= 4 is 11.9 Å². The van der Waals surface area contributed by atoms with E-state index in [1.54, 1.807) is 0 Å². The molecule has 62 heavy (non-hydrogen) atoms. The van der Waals surface area contributed by atoms with Crippen molar-refractivity contribution in [1.82, 2.24) is 0 Å². The van der Waals surface area contributed by atoms with Crippen LogP contribution in [-0.4, -0.2) is 36.4 Å². The molecule has 0 heterocycles. The number of allylic oxidation sites excluding steroid dienone is 12. The molecule has 0 aliphatic heterocycles. The summed E-state index contributed by atoms with van der Waals surface area (Å²) in [6.45, 7) is 4.03. The summed E-state index contributed by atoms with van der Waals surface area (Å²) in [5.74, 6) is -0.613. The number of ether oxygens (including phenoxy) is 2. The lowest BCUT2D eigenvalue weighted by atomic mass is 10.0. The molecule has 1 unspecified atom stereocenters. The molecule has 1 N–H and O–H groups in total. The molecule has 0 spiro atoms. The first kappa shape index (κ1) is 59.3. The van der Waals surface area contributed by atoms with E-state index >= 15 is 0 Å². The van der Waals surface area contributed by atoms with E-state index in [4.69, 9.17) is 9.47 Å². The molecule has 0 aliphatic rings. The second kappa shape index (κ2) is 52.7. The van der Waals surface area contributed by atoms with Crippen molar-refractivity contribution in [2.24, 2.45) is 0 Å². The smallest absolute Gasteiger partial charge is 0.306 e. The zero-order valence-electron chi connectivity index (χ0n) is 40.9. The fraction of sp³-hybridized carbons (Fsp3) is 0.754. The second-order valence-corrected chi connectivity index (χ2v) is 17.6. The number of hydrogen-bond donors (Lipinski definition) is 1. The predicted octanol–water partition coefficient (Wildman–Crippen LogP) is 17.6. The highest BCUT2D eigenvalue weighted by Crippen LogP contribution is 2.16. The summed E-state index contributed by atoms with van der Waals surface area (Å²) in [6, 6.07) is 0. The first-order valence-corrected chi connectivity index (χ1v) is 26.5. The van der Waals surface area contributed by atoms with Crippen LogP contribution in [0.5, 0.6) is 0 Å². The van der Waals surface area contributed by atoms with Crippen LogP contribution >= 0.6 is 0 Å². The molecule has 0 fully saturated rings. The number of aliphatic hydroxyl groups excluding tert-OH is 1. The van der Waals surface area contributed by atoms with Gasteiger partial charge in [-0.25, -0.2) is 0 Å². The van der Waals surface area contributed by atoms with Crippen LogP contribution in [0.3, 0.4) is 0 Å². The van der Waals surface area contributed by atoms with E-state index in [0.29, 0.717) is 12.8 Å². The quantitative estimate of drug-likeness (QED) is 0.0375. The Morgan fingerprint density at radius 1 is 0.387 bits per heavy atom. The number of unbranched alkanes of at least 4 members (excludes halogenated alkanes) is 28. The lowest BCUT2D eigenvalue weighted by Gasteiger charge is -2.15. The Morgan fingerprint density at radius 3 is 1.05 bits per heavy atom. The van der Waals surface area contributed by atoms with Crippen LogP contribution in [-0.2, 0) is 19.1 Å². The number of carbonyl (C=O) groups is 2. The van der Waals surface area contributed by atoms with E-state index in [1.165, 1.54) is 141 Å². The third kappa shape index (κ3) is 50.0. The lowest BCUT2D eigenvalue weighted by molar-refractivity contribution is -0.161. The molecule has 358 valence electrons. The van der Waals surface area contributed by atoms with E-state index in [9.17, 15) is 14.7 Å². The van der Waals surface area contributed by atoms with Crippen molar-refractivity contribution in [1.29, 1.82) is 0 Å². The van der Waals surface area contributed by atoms with E-state index in [0.717, 1.165) is 89.9 Å². The van der Waals surface area contributed by atoms with Crippen molar-refractivity contribution < 1.29 is 24.2 Å². The average molecular weight is 865 g/mol. The summed E-state index contributed by atoms with van der Waals surface area (Å²) in [5.41, 5.74) is 0. The molecule has 0 rings (SSSR count). The Kier molecular flexibility index (Phi) is 50.4. The molecule has 0 bridgehead atoms. The van der Waals surface area contributed by atoms with Gasteiger partial charge >= 0.3 is 11.9 Å². The molecular weight excluding hydrogens is 765 g/mol. The van der Waals surface area contributed by atoms with Crippen molar-refractivity contribution in [3.63, 3.8) is 0 Å². The average Bonchev–Trinajstić information content (AvgIpc) is 3.28. The predicted molar refractivity (Wildman–Crippen MR) is 270 cm³/mol. The topological polar surface area (TPSA) is 72.8 Å². The maximum absolute atomic E-state index is 12.3. The summed E-state index contributed by atoms with van der Waals surface area (Å²) in [6.07, 6.45) is 71.5. The highest BCUT2D eigenvalue weighted by molar-refractivity contribution is 5.70. The maximum Gasteiger partial charge on any atom is 0.306 e. The molecule has 0 aliphatic carbocycles. The number of esters is 2. The molecule has 0 aromatic heterocycles. The molecule has 0 saturated carbocycles. The van der Waals surface area contributed by atoms with Gasteiger partial charge in [-0.2, -0.15) is 0 Å². The normalized spacial score (nSPS) is 12.8. The second-order valence-electron chi connectivity index (χ2n) is 17.6. The van der Waals surface area contributed by atoms with E-state index in [2.05, 4.69) is 86.8 Å². The van der Waals surface area contributed by atoms with Gasteiger partial charge in [0.15, 0.2) is 6.10 Å². The summed E-state index contributed by atoms with van der Waals surface area (Å²) >= 11 is 0. The van der Waals surface area contributed by atoms with Crippen LogP contribution in [0.1, 0.15) is 258 Å². The molecule has 0 aromatic rings. The number of aliphatic hydroxyl groups is 1. The Balaban J connectivity index is 3.53. The Hall–Kier alpha value is -2.66. The monoisotopic (exact) mass is 865 g/mol. The summed E-state index contributed by atoms with van der Waals surface area (Å²) < 4.78 is 10.7. The van der Waals surface area contributed by atoms with Gasteiger partial charge in [0.1, 0.15) is 6.61 Å². The SMILES string of the molecule is CC/C=C\C/C=C\C/C=C\C/C=C\C/C=C\C/C=C\CCCCCCC(=O)OC(CO)COC(=O)CCCCCCCCCCCCCCCCCCCCCCCCCCC. The van der Waals surface area contributed by atoms with Crippen molar-refractivity contribution in [3.05, 3.63) is 72.9 Å². The summed E-state index contributed by atoms with van der Waals surface area (Å²) in [4.78, 5) is 24.5. The Morgan fingerprint density at radius 2 is 0.694 bits per heavy atom. The molecule has 1 atom stereocenters. The standard InChI is InChI=1S/C57H100O5/c1-3-5-7-9-11-13-15-17-19-21-23-25-27-28-30-31-33-35-37-39-41-43-45-47-49-51-56(59)61-54-55(53-58)62-57(60)52-50-48-46-44-42-40-38-36-34-32-29-26-24-22-20-18-16-14-12-10-8-6-4-2/h6,8,12,14,18,20,24,26,32,34,38,40,55,58H,3-5,7,9-11,13,15-17,19,21-23,25,27-31,33,35-37,39,41-54H2,1-2H3/b8-6-,14-12-,20-18-,26-24-,34-32-,40-38-. The van der Waals surface area contributed by atoms with Crippen LogP contribution in [0.2, 0.25) is 0 Å². The van der Waals surface area contributed by atoms with Crippen molar-refractivity contribution in [3.8, 4) is 0 Å². The van der Waals surface area contributed by atoms with Gasteiger partial charge in [-0.15, -0.1) is 0 Å². The fourth-order valence-electron chi connectivity index (χ4n) is 7.56. The molecule has 5 heteroatoms. The van der Waals surface area contributed by atoms with Crippen molar-refractivity contribution in [2.45, 2.75) is 264 Å². The largest absolute Gasteiger partial charge is 0.462 e. The number of carbonyl (C=O) groups excluding carboxylic acids is 2. The fourth-order valence-corrected chi connectivity index (χ4v) is 7.56. The molecule has 5 nitrogen and oxygen atoms in total. The molecular formula is C57H100O5. The van der Waals surface area contributed by atoms with E-state index < -0.39 is 6.10 Å². The molecule has 0 aromatic carbocycles. The Labute approximate surface area is 384 Å². The van der Waals surface area contributed by atoms with Crippen LogP contribution < -0.4 is 0 Å². The van der Waals surface area contributed by atoms with Crippen molar-refractivity contribution in [2.75, 3.05) is 13.2 Å². The Bertz CT molecular complexity index is 1110. The lowest BCUT2D eigenvalue weighted by Crippen LogP contribution is -2.28. The number of rotatable bonds is 48. The van der Waals surface area contributed by atoms with Gasteiger partial charge in [0, 0.05) is 12.8 Å². The highest BCUT2D eigenvalue weighted by Gasteiger charge is 2.16. The first-order chi connectivity index (χ1) is 30.6. The van der Waals surface area contributed by atoms with Crippen LogP contribution in [0.15, 0.2) is 72.9 Å². The molecule has 0 saturated heterocycles. The maximum atomic E-state index is 12.3. The van der Waals surface area contributed by atoms with Gasteiger partial charge in [-0.3, -0.25) is 9.59 Å². The van der Waals surface area contributed by atoms with Gasteiger partial charge in [-0.1, -0.05) is 254 Å². The summed E-state index contributed by atoms with van der Waals surface area (Å²) in [5, 5.41) is 9.63. The van der Waals surface area contributed by atoms with Crippen LogP contribution in [0.4, 0.5) is 0 Å². The minimum absolute atomic E-state index is 0.0769. The molecule has 0 amide bonds. The zero-order chi connectivity index (χ0) is 44.9. The zero-order valence-corrected chi connectivity index (χ0v) is 40.9. The highest BCUT2D eigenvalue weighted by atomic mass is 16.6. The van der Waals surface area contributed by atoms with Gasteiger partial charge in [0.2, 0.25) is 0 Å². The minimum Gasteiger partial charge on any atom is -0.462 e.